The van der Waals surface area contributed by atoms with Crippen molar-refractivity contribution in [2.24, 2.45) is 0 Å². The van der Waals surface area contributed by atoms with Crippen molar-refractivity contribution < 1.29 is 13.9 Å². The maximum Gasteiger partial charge on any atom is 0.226 e. The number of halogens is 1. The lowest BCUT2D eigenvalue weighted by atomic mass is 10.0. The molecule has 1 saturated heterocycles. The Bertz CT molecular complexity index is 939. The van der Waals surface area contributed by atoms with Gasteiger partial charge in [0.25, 0.3) is 0 Å². The predicted molar refractivity (Wildman–Crippen MR) is 109 cm³/mol. The molecule has 3 aromatic rings. The molecule has 1 aliphatic rings. The molecule has 1 unspecified atom stereocenters. The molecule has 5 nitrogen and oxygen atoms in total. The van der Waals surface area contributed by atoms with E-state index in [4.69, 9.17) is 25.5 Å². The first kappa shape index (κ1) is 18.8. The Hall–Kier alpha value is -2.50. The molecule has 146 valence electrons. The lowest BCUT2D eigenvalue weighted by Crippen LogP contribution is -2.23. The molecule has 0 amide bonds. The van der Waals surface area contributed by atoms with Crippen LogP contribution in [0.15, 0.2) is 53.1 Å². The molecule has 0 bridgehead atoms. The Morgan fingerprint density at radius 2 is 1.96 bits per heavy atom. The van der Waals surface area contributed by atoms with Gasteiger partial charge in [-0.3, -0.25) is 4.90 Å². The number of benzene rings is 2. The Balaban J connectivity index is 1.53. The first-order valence-corrected chi connectivity index (χ1v) is 9.72. The van der Waals surface area contributed by atoms with Crippen LogP contribution < -0.4 is 9.47 Å². The van der Waals surface area contributed by atoms with Gasteiger partial charge in [0.1, 0.15) is 17.8 Å². The average Bonchev–Trinajstić information content (AvgIpc) is 3.38. The molecule has 1 aromatic heterocycles. The minimum absolute atomic E-state index is 0.288. The predicted octanol–water partition coefficient (Wildman–Crippen LogP) is 5.35. The highest BCUT2D eigenvalue weighted by molar-refractivity contribution is 6.30. The maximum atomic E-state index is 5.96. The fourth-order valence-corrected chi connectivity index (χ4v) is 3.90. The van der Waals surface area contributed by atoms with Crippen molar-refractivity contribution in [3.8, 4) is 23.0 Å². The number of rotatable bonds is 6. The minimum Gasteiger partial charge on any atom is -0.497 e. The molecule has 0 N–H and O–H groups in total. The van der Waals surface area contributed by atoms with Crippen LogP contribution in [0, 0.1) is 0 Å². The van der Waals surface area contributed by atoms with Gasteiger partial charge in [0.15, 0.2) is 0 Å². The van der Waals surface area contributed by atoms with E-state index in [1.807, 2.05) is 36.4 Å². The van der Waals surface area contributed by atoms with Gasteiger partial charge in [-0.15, -0.1) is 0 Å². The summed E-state index contributed by atoms with van der Waals surface area (Å²) in [5.74, 6) is 2.27. The van der Waals surface area contributed by atoms with Crippen LogP contribution in [-0.4, -0.2) is 30.6 Å². The maximum absolute atomic E-state index is 5.96. The Morgan fingerprint density at radius 3 is 2.71 bits per heavy atom. The highest BCUT2D eigenvalue weighted by Gasteiger charge is 2.29. The van der Waals surface area contributed by atoms with Crippen LogP contribution in [0.2, 0.25) is 5.02 Å². The van der Waals surface area contributed by atoms with Crippen molar-refractivity contribution in [2.75, 3.05) is 20.8 Å². The summed E-state index contributed by atoms with van der Waals surface area (Å²) in [6.07, 6.45) is 3.97. The second-order valence-electron chi connectivity index (χ2n) is 6.89. The summed E-state index contributed by atoms with van der Waals surface area (Å²) >= 11 is 5.96. The quantitative estimate of drug-likeness (QED) is 0.560. The molecule has 0 aliphatic carbocycles. The normalized spacial score (nSPS) is 17.0. The first-order chi connectivity index (χ1) is 13.7. The highest BCUT2D eigenvalue weighted by Crippen LogP contribution is 2.39. The molecule has 2 aromatic carbocycles. The lowest BCUT2D eigenvalue weighted by Gasteiger charge is -2.25. The molecule has 4 rings (SSSR count). The summed E-state index contributed by atoms with van der Waals surface area (Å²) in [5, 5.41) is 0.698. The summed E-state index contributed by atoms with van der Waals surface area (Å²) in [4.78, 5) is 7.09. The van der Waals surface area contributed by atoms with Crippen molar-refractivity contribution in [3.05, 3.63) is 65.0 Å². The van der Waals surface area contributed by atoms with Crippen LogP contribution in [0.1, 0.15) is 30.1 Å². The Labute approximate surface area is 169 Å². The molecule has 1 atom stereocenters. The topological polar surface area (TPSA) is 47.7 Å². The SMILES string of the molecule is COc1ccc(C2CCCN2Cc2coc(-c3ccc(Cl)cc3)n2)c(OC)c1. The number of aromatic nitrogens is 1. The molecular weight excluding hydrogens is 376 g/mol. The van der Waals surface area contributed by atoms with E-state index in [1.54, 1.807) is 20.5 Å². The summed E-state index contributed by atoms with van der Waals surface area (Å²) in [6, 6.07) is 13.8. The zero-order valence-electron chi connectivity index (χ0n) is 16.0. The Kier molecular flexibility index (Phi) is 5.55. The Morgan fingerprint density at radius 1 is 1.14 bits per heavy atom. The molecule has 0 spiro atoms. The van der Waals surface area contributed by atoms with Crippen LogP contribution in [-0.2, 0) is 6.54 Å². The van der Waals surface area contributed by atoms with E-state index in [9.17, 15) is 0 Å². The smallest absolute Gasteiger partial charge is 0.226 e. The van der Waals surface area contributed by atoms with Crippen LogP contribution in [0.25, 0.3) is 11.5 Å². The van der Waals surface area contributed by atoms with Crippen molar-refractivity contribution in [1.82, 2.24) is 9.88 Å². The largest absolute Gasteiger partial charge is 0.497 e. The molecule has 1 aliphatic heterocycles. The summed E-state index contributed by atoms with van der Waals surface area (Å²) in [7, 11) is 3.37. The standard InChI is InChI=1S/C22H23ClN2O3/c1-26-18-9-10-19(21(12-18)27-2)20-4-3-11-25(20)13-17-14-28-22(24-17)15-5-7-16(23)8-6-15/h5-10,12,14,20H,3-4,11,13H2,1-2H3. The van der Waals surface area contributed by atoms with E-state index >= 15 is 0 Å². The lowest BCUT2D eigenvalue weighted by molar-refractivity contribution is 0.240. The van der Waals surface area contributed by atoms with Gasteiger partial charge in [0.2, 0.25) is 5.89 Å². The number of methoxy groups -OCH3 is 2. The number of hydrogen-bond donors (Lipinski definition) is 0. The van der Waals surface area contributed by atoms with E-state index in [1.165, 1.54) is 5.56 Å². The van der Waals surface area contributed by atoms with Gasteiger partial charge in [0.05, 0.1) is 19.9 Å². The highest BCUT2D eigenvalue weighted by atomic mass is 35.5. The van der Waals surface area contributed by atoms with Crippen LogP contribution in [0.3, 0.4) is 0 Å². The number of oxazole rings is 1. The second-order valence-corrected chi connectivity index (χ2v) is 7.32. The molecule has 28 heavy (non-hydrogen) atoms. The average molecular weight is 399 g/mol. The van der Waals surface area contributed by atoms with Gasteiger partial charge in [-0.05, 0) is 49.7 Å². The van der Waals surface area contributed by atoms with E-state index in [0.717, 1.165) is 48.7 Å². The zero-order chi connectivity index (χ0) is 19.5. The second kappa shape index (κ2) is 8.25. The number of hydrogen-bond acceptors (Lipinski definition) is 5. The third kappa shape index (κ3) is 3.86. The van der Waals surface area contributed by atoms with Crippen molar-refractivity contribution in [2.45, 2.75) is 25.4 Å². The van der Waals surface area contributed by atoms with Crippen molar-refractivity contribution in [3.63, 3.8) is 0 Å². The molecular formula is C22H23ClN2O3. The molecule has 1 fully saturated rings. The van der Waals surface area contributed by atoms with Gasteiger partial charge in [-0.2, -0.15) is 0 Å². The summed E-state index contributed by atoms with van der Waals surface area (Å²) in [5.41, 5.74) is 3.02. The number of nitrogens with zero attached hydrogens (tertiary/aromatic N) is 2. The number of ether oxygens (including phenoxy) is 2. The van der Waals surface area contributed by atoms with E-state index in [-0.39, 0.29) is 6.04 Å². The third-order valence-corrected chi connectivity index (χ3v) is 5.42. The molecule has 0 saturated carbocycles. The van der Waals surface area contributed by atoms with Gasteiger partial charge < -0.3 is 13.9 Å². The first-order valence-electron chi connectivity index (χ1n) is 9.34. The van der Waals surface area contributed by atoms with E-state index in [2.05, 4.69) is 16.0 Å². The van der Waals surface area contributed by atoms with E-state index < -0.39 is 0 Å². The van der Waals surface area contributed by atoms with Crippen molar-refractivity contribution >= 4 is 11.6 Å². The zero-order valence-corrected chi connectivity index (χ0v) is 16.8. The fourth-order valence-electron chi connectivity index (χ4n) is 3.77. The minimum atomic E-state index is 0.288. The molecule has 2 heterocycles. The van der Waals surface area contributed by atoms with Gasteiger partial charge in [-0.25, -0.2) is 4.98 Å². The fraction of sp³-hybridized carbons (Fsp3) is 0.318. The van der Waals surface area contributed by atoms with Crippen LogP contribution in [0.5, 0.6) is 11.5 Å². The molecule has 6 heteroatoms. The summed E-state index contributed by atoms with van der Waals surface area (Å²) < 4.78 is 16.6. The van der Waals surface area contributed by atoms with Gasteiger partial charge in [-0.1, -0.05) is 17.7 Å². The van der Waals surface area contributed by atoms with Crippen LogP contribution >= 0.6 is 11.6 Å². The molecule has 0 radical (unpaired) electrons. The monoisotopic (exact) mass is 398 g/mol. The van der Waals surface area contributed by atoms with Gasteiger partial charge in [0, 0.05) is 34.8 Å². The number of likely N-dealkylation sites (tertiary alicyclic amines) is 1. The van der Waals surface area contributed by atoms with E-state index in [0.29, 0.717) is 10.9 Å². The third-order valence-electron chi connectivity index (χ3n) is 5.17. The summed E-state index contributed by atoms with van der Waals surface area (Å²) in [6.45, 7) is 1.75. The van der Waals surface area contributed by atoms with Crippen LogP contribution in [0.4, 0.5) is 0 Å². The van der Waals surface area contributed by atoms with Gasteiger partial charge >= 0.3 is 0 Å². The van der Waals surface area contributed by atoms with Crippen molar-refractivity contribution in [1.29, 1.82) is 0 Å².